The molecule has 0 bridgehead atoms. The number of hydrogen-bond acceptors (Lipinski definition) is 10. The van der Waals surface area contributed by atoms with Gasteiger partial charge in [0.1, 0.15) is 0 Å². The third-order valence-electron chi connectivity index (χ3n) is 8.49. The zero-order chi connectivity index (χ0) is 29.4. The van der Waals surface area contributed by atoms with E-state index in [0.29, 0.717) is 51.6 Å². The summed E-state index contributed by atoms with van der Waals surface area (Å²) in [7, 11) is 0. The highest BCUT2D eigenvalue weighted by Gasteiger charge is 2.41. The van der Waals surface area contributed by atoms with Gasteiger partial charge in [-0.1, -0.05) is 12.8 Å². The molecule has 1 aliphatic carbocycles. The zero-order valence-corrected chi connectivity index (χ0v) is 22.9. The zero-order valence-electron chi connectivity index (χ0n) is 22.9. The van der Waals surface area contributed by atoms with E-state index in [1.165, 1.54) is 19.6 Å². The van der Waals surface area contributed by atoms with E-state index < -0.39 is 86.4 Å². The van der Waals surface area contributed by atoms with Crippen LogP contribution < -0.4 is 0 Å². The minimum Gasteiger partial charge on any atom is -0.480 e. The molecule has 2 saturated heterocycles. The first-order valence-electron chi connectivity index (χ1n) is 14.2. The van der Waals surface area contributed by atoms with Crippen molar-refractivity contribution in [1.29, 1.82) is 0 Å². The molecule has 1 saturated carbocycles. The van der Waals surface area contributed by atoms with Gasteiger partial charge in [0.05, 0.1) is 63.7 Å². The summed E-state index contributed by atoms with van der Waals surface area (Å²) < 4.78 is 0. The Kier molecular flexibility index (Phi) is 12.1. The molecule has 0 spiro atoms. The summed E-state index contributed by atoms with van der Waals surface area (Å²) in [6.07, 6.45) is 2.65. The number of carbonyl (C=O) groups excluding carboxylic acids is 2. The minimum absolute atomic E-state index is 0.295. The van der Waals surface area contributed by atoms with Crippen molar-refractivity contribution in [1.82, 2.24) is 19.6 Å². The number of carboxylic acid groups (broad SMARTS) is 2. The molecule has 14 nitrogen and oxygen atoms in total. The van der Waals surface area contributed by atoms with Gasteiger partial charge in [-0.25, -0.2) is 0 Å². The second-order valence-corrected chi connectivity index (χ2v) is 11.1. The highest BCUT2D eigenvalue weighted by molar-refractivity contribution is 5.80. The van der Waals surface area contributed by atoms with Crippen LogP contribution in [-0.4, -0.2) is 163 Å². The molecule has 228 valence electrons. The van der Waals surface area contributed by atoms with E-state index in [-0.39, 0.29) is 13.1 Å². The van der Waals surface area contributed by atoms with E-state index in [1.807, 2.05) is 0 Å². The molecule has 2 aliphatic heterocycles. The maximum atomic E-state index is 13.3. The summed E-state index contributed by atoms with van der Waals surface area (Å²) in [6.45, 7) is -1.75. The smallest absolute Gasteiger partial charge is 0.317 e. The van der Waals surface area contributed by atoms with Crippen LogP contribution in [0.15, 0.2) is 0 Å². The van der Waals surface area contributed by atoms with Gasteiger partial charge in [-0.15, -0.1) is 0 Å². The summed E-state index contributed by atoms with van der Waals surface area (Å²) >= 11 is 0. The van der Waals surface area contributed by atoms with Crippen LogP contribution in [0, 0.1) is 0 Å². The van der Waals surface area contributed by atoms with E-state index in [9.17, 15) is 49.8 Å². The van der Waals surface area contributed by atoms with Crippen molar-refractivity contribution in [2.24, 2.45) is 0 Å². The average molecular weight is 573 g/mol. The third-order valence-corrected chi connectivity index (χ3v) is 8.49. The molecule has 0 radical (unpaired) electrons. The largest absolute Gasteiger partial charge is 0.480 e. The molecule has 0 aromatic rings. The number of nitrogens with zero attached hydrogens (tertiary/aromatic N) is 4. The van der Waals surface area contributed by atoms with E-state index in [2.05, 4.69) is 0 Å². The van der Waals surface area contributed by atoms with Crippen molar-refractivity contribution >= 4 is 23.8 Å². The molecule has 2 amide bonds. The van der Waals surface area contributed by atoms with E-state index in [0.717, 1.165) is 12.8 Å². The molecule has 3 aliphatic rings. The van der Waals surface area contributed by atoms with Gasteiger partial charge in [0.15, 0.2) is 0 Å². The van der Waals surface area contributed by atoms with Crippen LogP contribution in [-0.2, 0) is 19.2 Å². The van der Waals surface area contributed by atoms with Gasteiger partial charge in [-0.05, 0) is 38.5 Å². The molecule has 0 aromatic heterocycles. The summed E-state index contributed by atoms with van der Waals surface area (Å²) in [6, 6.07) is -2.64. The number of rotatable bonds is 12. The quantitative estimate of drug-likeness (QED) is 0.147. The molecule has 40 heavy (non-hydrogen) atoms. The summed E-state index contributed by atoms with van der Waals surface area (Å²) in [5.41, 5.74) is 0. The lowest BCUT2D eigenvalue weighted by molar-refractivity contribution is -0.150. The lowest BCUT2D eigenvalue weighted by Gasteiger charge is -2.46. The van der Waals surface area contributed by atoms with Gasteiger partial charge in [0, 0.05) is 25.2 Å². The predicted molar refractivity (Wildman–Crippen MR) is 140 cm³/mol. The molecular weight excluding hydrogens is 528 g/mol. The molecule has 3 rings (SSSR count). The lowest BCUT2D eigenvalue weighted by Crippen LogP contribution is -2.61. The number of piperidine rings is 2. The Hall–Kier alpha value is -2.36. The molecule has 14 heteroatoms. The Morgan fingerprint density at radius 2 is 0.975 bits per heavy atom. The van der Waals surface area contributed by atoms with Crippen LogP contribution >= 0.6 is 0 Å². The number of hydrogen-bond donors (Lipinski definition) is 6. The maximum Gasteiger partial charge on any atom is 0.317 e. The molecule has 6 atom stereocenters. The first-order chi connectivity index (χ1) is 19.1. The van der Waals surface area contributed by atoms with Crippen LogP contribution in [0.1, 0.15) is 51.4 Å². The van der Waals surface area contributed by atoms with Gasteiger partial charge in [-0.3, -0.25) is 29.0 Å². The van der Waals surface area contributed by atoms with Crippen molar-refractivity contribution < 1.29 is 49.8 Å². The van der Waals surface area contributed by atoms with Crippen molar-refractivity contribution in [2.45, 2.75) is 87.7 Å². The van der Waals surface area contributed by atoms with Gasteiger partial charge >= 0.3 is 11.9 Å². The molecule has 3 fully saturated rings. The van der Waals surface area contributed by atoms with E-state index >= 15 is 0 Å². The number of amides is 2. The number of likely N-dealkylation sites (tertiary alicyclic amines) is 2. The summed E-state index contributed by atoms with van der Waals surface area (Å²) in [5.74, 6) is -3.19. The van der Waals surface area contributed by atoms with Crippen molar-refractivity contribution in [3.8, 4) is 0 Å². The SMILES string of the molecule is O=C(O)CN(CC(=O)N1CCCC(O)C1CO)C1CCCCC1N(CC(=O)O)CC(=O)N1CCCC(O)C1CO. The fourth-order valence-corrected chi connectivity index (χ4v) is 6.53. The third kappa shape index (κ3) is 8.10. The van der Waals surface area contributed by atoms with Crippen LogP contribution in [0.4, 0.5) is 0 Å². The highest BCUT2D eigenvalue weighted by atomic mass is 16.4. The van der Waals surface area contributed by atoms with Crippen molar-refractivity contribution in [2.75, 3.05) is 52.5 Å². The predicted octanol–water partition coefficient (Wildman–Crippen LogP) is -2.24. The standard InChI is InChI=1S/C26H44N4O10/c31-15-19-21(33)7-3-9-29(19)23(35)11-27(13-25(37)38)17-5-1-2-6-18(17)28(14-26(39)40)12-24(36)30-10-4-8-22(34)20(30)16-32/h17-22,31-34H,1-16H2,(H,37,38)(H,39,40). The summed E-state index contributed by atoms with van der Waals surface area (Å²) in [5, 5.41) is 59.4. The highest BCUT2D eigenvalue weighted by Crippen LogP contribution is 2.29. The second-order valence-electron chi connectivity index (χ2n) is 11.1. The first-order valence-corrected chi connectivity index (χ1v) is 14.2. The maximum absolute atomic E-state index is 13.3. The number of aliphatic hydroxyl groups excluding tert-OH is 4. The normalized spacial score (nSPS) is 29.6. The fourth-order valence-electron chi connectivity index (χ4n) is 6.53. The van der Waals surface area contributed by atoms with E-state index in [4.69, 9.17) is 0 Å². The van der Waals surface area contributed by atoms with Crippen molar-refractivity contribution in [3.05, 3.63) is 0 Å². The Morgan fingerprint density at radius 3 is 1.30 bits per heavy atom. The van der Waals surface area contributed by atoms with Gasteiger partial charge in [-0.2, -0.15) is 0 Å². The number of aliphatic hydroxyl groups is 4. The molecule has 6 N–H and O–H groups in total. The molecule has 0 aromatic carbocycles. The van der Waals surface area contributed by atoms with Gasteiger partial charge in [0.2, 0.25) is 11.8 Å². The molecule has 6 unspecified atom stereocenters. The Morgan fingerprint density at radius 1 is 0.600 bits per heavy atom. The lowest BCUT2D eigenvalue weighted by atomic mass is 9.87. The monoisotopic (exact) mass is 572 g/mol. The Balaban J connectivity index is 1.83. The molecular formula is C26H44N4O10. The topological polar surface area (TPSA) is 203 Å². The minimum atomic E-state index is -1.16. The number of carbonyl (C=O) groups is 4. The van der Waals surface area contributed by atoms with Crippen LogP contribution in [0.2, 0.25) is 0 Å². The van der Waals surface area contributed by atoms with Crippen LogP contribution in [0.3, 0.4) is 0 Å². The first kappa shape index (κ1) is 32.2. The van der Waals surface area contributed by atoms with E-state index in [1.54, 1.807) is 0 Å². The van der Waals surface area contributed by atoms with Crippen LogP contribution in [0.5, 0.6) is 0 Å². The fraction of sp³-hybridized carbons (Fsp3) is 0.846. The summed E-state index contributed by atoms with van der Waals surface area (Å²) in [4.78, 5) is 56.2. The van der Waals surface area contributed by atoms with Crippen LogP contribution in [0.25, 0.3) is 0 Å². The second kappa shape index (κ2) is 15.0. The average Bonchev–Trinajstić information content (AvgIpc) is 2.91. The van der Waals surface area contributed by atoms with Crippen molar-refractivity contribution in [3.63, 3.8) is 0 Å². The number of carboxylic acids is 2. The Bertz CT molecular complexity index is 822. The molecule has 2 heterocycles. The van der Waals surface area contributed by atoms with Gasteiger partial charge < -0.3 is 40.4 Å². The Labute approximate surface area is 233 Å². The van der Waals surface area contributed by atoms with Gasteiger partial charge in [0.25, 0.3) is 0 Å². The number of aliphatic carboxylic acids is 2.